The standard InChI is InChI=1S/C11H8N4O2/c12-10-6-3-1-2-4-8(6)17-11(16)9(10)7-5-13-15-14-7/h1-5H,12H2,(H,13,14,15). The van der Waals surface area contributed by atoms with Crippen LogP contribution in [0.5, 0.6) is 0 Å². The lowest BCUT2D eigenvalue weighted by atomic mass is 10.1. The van der Waals surface area contributed by atoms with Crippen LogP contribution in [0, 0.1) is 0 Å². The molecule has 17 heavy (non-hydrogen) atoms. The number of nitrogens with one attached hydrogen (secondary N) is 1. The van der Waals surface area contributed by atoms with E-state index in [2.05, 4.69) is 15.4 Å². The third kappa shape index (κ3) is 1.38. The second kappa shape index (κ2) is 3.44. The highest BCUT2D eigenvalue weighted by Gasteiger charge is 2.15. The number of aromatic amines is 1. The van der Waals surface area contributed by atoms with Crippen molar-refractivity contribution in [2.75, 3.05) is 5.73 Å². The van der Waals surface area contributed by atoms with Gasteiger partial charge in [-0.2, -0.15) is 15.4 Å². The van der Waals surface area contributed by atoms with Gasteiger partial charge in [0.25, 0.3) is 0 Å². The van der Waals surface area contributed by atoms with Gasteiger partial charge in [-0.3, -0.25) is 0 Å². The fraction of sp³-hybridized carbons (Fsp3) is 0. The first-order valence-corrected chi connectivity index (χ1v) is 4.95. The van der Waals surface area contributed by atoms with E-state index in [9.17, 15) is 4.79 Å². The molecule has 3 rings (SSSR count). The number of hydrogen-bond acceptors (Lipinski definition) is 5. The van der Waals surface area contributed by atoms with Crippen molar-refractivity contribution in [3.05, 3.63) is 40.9 Å². The summed E-state index contributed by atoms with van der Waals surface area (Å²) in [7, 11) is 0. The van der Waals surface area contributed by atoms with Crippen LogP contribution in [-0.4, -0.2) is 15.4 Å². The molecule has 0 aliphatic heterocycles. The van der Waals surface area contributed by atoms with E-state index in [1.165, 1.54) is 6.20 Å². The Hall–Kier alpha value is -2.63. The number of fused-ring (bicyclic) bond motifs is 1. The zero-order valence-corrected chi connectivity index (χ0v) is 8.68. The molecular weight excluding hydrogens is 220 g/mol. The maximum absolute atomic E-state index is 11.8. The fourth-order valence-corrected chi connectivity index (χ4v) is 1.74. The van der Waals surface area contributed by atoms with Gasteiger partial charge in [0.1, 0.15) is 16.8 Å². The average Bonchev–Trinajstić information content (AvgIpc) is 2.83. The predicted molar refractivity (Wildman–Crippen MR) is 62.3 cm³/mol. The van der Waals surface area contributed by atoms with E-state index < -0.39 is 5.63 Å². The highest BCUT2D eigenvalue weighted by Crippen LogP contribution is 2.27. The van der Waals surface area contributed by atoms with Crippen molar-refractivity contribution in [1.29, 1.82) is 0 Å². The molecule has 0 fully saturated rings. The number of anilines is 1. The Kier molecular flexibility index (Phi) is 1.94. The van der Waals surface area contributed by atoms with Crippen molar-refractivity contribution in [2.24, 2.45) is 0 Å². The minimum atomic E-state index is -0.518. The summed E-state index contributed by atoms with van der Waals surface area (Å²) in [6, 6.07) is 7.09. The van der Waals surface area contributed by atoms with Crippen LogP contribution in [0.1, 0.15) is 0 Å². The van der Waals surface area contributed by atoms with Crippen LogP contribution in [0.15, 0.2) is 39.7 Å². The number of nitrogens with zero attached hydrogens (tertiary/aromatic N) is 2. The minimum absolute atomic E-state index is 0.234. The molecule has 0 radical (unpaired) electrons. The highest BCUT2D eigenvalue weighted by molar-refractivity contribution is 5.95. The lowest BCUT2D eigenvalue weighted by Crippen LogP contribution is -2.07. The van der Waals surface area contributed by atoms with Crippen molar-refractivity contribution in [1.82, 2.24) is 15.4 Å². The second-order valence-corrected chi connectivity index (χ2v) is 3.53. The molecule has 0 spiro atoms. The van der Waals surface area contributed by atoms with Gasteiger partial charge < -0.3 is 10.2 Å². The number of nitrogens with two attached hydrogens (primary N) is 1. The van der Waals surface area contributed by atoms with Crippen molar-refractivity contribution in [3.8, 4) is 11.3 Å². The Balaban J connectivity index is 2.44. The third-order valence-electron chi connectivity index (χ3n) is 2.52. The van der Waals surface area contributed by atoms with Crippen LogP contribution >= 0.6 is 0 Å². The fourth-order valence-electron chi connectivity index (χ4n) is 1.74. The van der Waals surface area contributed by atoms with Crippen LogP contribution in [0.4, 0.5) is 5.69 Å². The first-order chi connectivity index (χ1) is 8.27. The molecule has 1 aromatic carbocycles. The zero-order chi connectivity index (χ0) is 11.8. The maximum Gasteiger partial charge on any atom is 0.348 e. The SMILES string of the molecule is Nc1c(-c2cn[nH]n2)c(=O)oc2ccccc12. The number of aromatic nitrogens is 3. The molecule has 0 bridgehead atoms. The summed E-state index contributed by atoms with van der Waals surface area (Å²) in [6.45, 7) is 0. The van der Waals surface area contributed by atoms with Crippen LogP contribution in [0.2, 0.25) is 0 Å². The van der Waals surface area contributed by atoms with Gasteiger partial charge in [-0.05, 0) is 12.1 Å². The number of rotatable bonds is 1. The maximum atomic E-state index is 11.8. The predicted octanol–water partition coefficient (Wildman–Crippen LogP) is 1.16. The van der Waals surface area contributed by atoms with Gasteiger partial charge in [0, 0.05) is 5.39 Å². The van der Waals surface area contributed by atoms with Crippen molar-refractivity contribution in [3.63, 3.8) is 0 Å². The molecule has 0 atom stereocenters. The molecule has 0 unspecified atom stereocenters. The van der Waals surface area contributed by atoms with E-state index in [4.69, 9.17) is 10.2 Å². The van der Waals surface area contributed by atoms with Crippen LogP contribution in [-0.2, 0) is 0 Å². The lowest BCUT2D eigenvalue weighted by Gasteiger charge is -2.04. The van der Waals surface area contributed by atoms with Gasteiger partial charge >= 0.3 is 5.63 Å². The first-order valence-electron chi connectivity index (χ1n) is 4.95. The van der Waals surface area contributed by atoms with E-state index in [1.807, 2.05) is 6.07 Å². The quantitative estimate of drug-likeness (QED) is 0.609. The number of benzene rings is 1. The molecular formula is C11H8N4O2. The number of para-hydroxylation sites is 1. The van der Waals surface area contributed by atoms with Gasteiger partial charge in [-0.1, -0.05) is 12.1 Å². The topological polar surface area (TPSA) is 97.8 Å². The lowest BCUT2D eigenvalue weighted by molar-refractivity contribution is 0.564. The molecule has 2 aromatic heterocycles. The summed E-state index contributed by atoms with van der Waals surface area (Å²) in [5.74, 6) is 0. The molecule has 0 aliphatic rings. The van der Waals surface area contributed by atoms with Crippen molar-refractivity contribution in [2.45, 2.75) is 0 Å². The van der Waals surface area contributed by atoms with E-state index in [-0.39, 0.29) is 5.56 Å². The van der Waals surface area contributed by atoms with Gasteiger partial charge in [0.15, 0.2) is 0 Å². The average molecular weight is 228 g/mol. The molecule has 0 aliphatic carbocycles. The van der Waals surface area contributed by atoms with Crippen molar-refractivity contribution >= 4 is 16.7 Å². The van der Waals surface area contributed by atoms with Crippen molar-refractivity contribution < 1.29 is 4.42 Å². The summed E-state index contributed by atoms with van der Waals surface area (Å²) in [4.78, 5) is 11.8. The summed E-state index contributed by atoms with van der Waals surface area (Å²) < 4.78 is 5.18. The summed E-state index contributed by atoms with van der Waals surface area (Å²) in [6.07, 6.45) is 1.43. The molecule has 2 heterocycles. The van der Waals surface area contributed by atoms with Gasteiger partial charge in [0.2, 0.25) is 0 Å². The normalized spacial score (nSPS) is 10.8. The molecule has 84 valence electrons. The van der Waals surface area contributed by atoms with Gasteiger partial charge in [0.05, 0.1) is 11.9 Å². The summed E-state index contributed by atoms with van der Waals surface area (Å²) >= 11 is 0. The number of hydrogen-bond donors (Lipinski definition) is 2. The highest BCUT2D eigenvalue weighted by atomic mass is 16.4. The molecule has 0 saturated carbocycles. The number of nitrogen functional groups attached to an aromatic ring is 1. The second-order valence-electron chi connectivity index (χ2n) is 3.53. The van der Waals surface area contributed by atoms with Gasteiger partial charge in [-0.15, -0.1) is 0 Å². The molecule has 3 N–H and O–H groups in total. The Morgan fingerprint density at radius 3 is 2.88 bits per heavy atom. The largest absolute Gasteiger partial charge is 0.422 e. The monoisotopic (exact) mass is 228 g/mol. The summed E-state index contributed by atoms with van der Waals surface area (Å²) in [5, 5.41) is 10.6. The van der Waals surface area contributed by atoms with Gasteiger partial charge in [-0.25, -0.2) is 4.79 Å². The number of H-pyrrole nitrogens is 1. The molecule has 6 heteroatoms. The molecule has 3 aromatic rings. The summed E-state index contributed by atoms with van der Waals surface area (Å²) in [5.41, 5.74) is 6.87. The molecule has 0 amide bonds. The first kappa shape index (κ1) is 9.59. The van der Waals surface area contributed by atoms with E-state index >= 15 is 0 Å². The third-order valence-corrected chi connectivity index (χ3v) is 2.52. The smallest absolute Gasteiger partial charge is 0.348 e. The van der Waals surface area contributed by atoms with E-state index in [0.29, 0.717) is 22.4 Å². The molecule has 6 nitrogen and oxygen atoms in total. The Bertz CT molecular complexity index is 731. The van der Waals surface area contributed by atoms with E-state index in [0.717, 1.165) is 0 Å². The zero-order valence-electron chi connectivity index (χ0n) is 8.68. The van der Waals surface area contributed by atoms with E-state index in [1.54, 1.807) is 18.2 Å². The Morgan fingerprint density at radius 1 is 1.29 bits per heavy atom. The van der Waals surface area contributed by atoms with Crippen LogP contribution in [0.3, 0.4) is 0 Å². The van der Waals surface area contributed by atoms with Crippen LogP contribution in [0.25, 0.3) is 22.2 Å². The minimum Gasteiger partial charge on any atom is -0.422 e. The Labute approximate surface area is 95.1 Å². The Morgan fingerprint density at radius 2 is 2.12 bits per heavy atom. The van der Waals surface area contributed by atoms with Crippen LogP contribution < -0.4 is 11.4 Å². The molecule has 0 saturated heterocycles.